The highest BCUT2D eigenvalue weighted by Crippen LogP contribution is 2.46. The summed E-state index contributed by atoms with van der Waals surface area (Å²) in [5.74, 6) is 1.55. The van der Waals surface area contributed by atoms with Crippen LogP contribution in [0.1, 0.15) is 88.8 Å². The molecule has 0 fully saturated rings. The third kappa shape index (κ3) is 9.70. The van der Waals surface area contributed by atoms with Gasteiger partial charge in [-0.3, -0.25) is 14.7 Å². The fraction of sp³-hybridized carbons (Fsp3) is 0.459. The number of rotatable bonds is 17. The maximum absolute atomic E-state index is 10.9. The van der Waals surface area contributed by atoms with E-state index >= 15 is 0 Å². The van der Waals surface area contributed by atoms with Gasteiger partial charge in [0.15, 0.2) is 0 Å². The topological polar surface area (TPSA) is 62.1 Å². The number of carboxylic acids is 1. The van der Waals surface area contributed by atoms with Gasteiger partial charge >= 0.3 is 5.97 Å². The summed E-state index contributed by atoms with van der Waals surface area (Å²) in [7, 11) is -0.487. The normalized spacial score (nSPS) is 16.5. The van der Waals surface area contributed by atoms with E-state index in [1.807, 2.05) is 6.07 Å². The van der Waals surface area contributed by atoms with Gasteiger partial charge in [-0.15, -0.1) is 0 Å². The van der Waals surface area contributed by atoms with Crippen LogP contribution in [-0.4, -0.2) is 51.9 Å². The van der Waals surface area contributed by atoms with Gasteiger partial charge in [-0.2, -0.15) is 10.9 Å². The number of hydrogen-bond acceptors (Lipinski definition) is 4. The number of benzene rings is 3. The Hall–Kier alpha value is -3.09. The van der Waals surface area contributed by atoms with E-state index in [9.17, 15) is 4.79 Å². The van der Waals surface area contributed by atoms with Crippen LogP contribution in [0.5, 0.6) is 5.75 Å². The number of nitrogens with zero attached hydrogens (tertiary/aromatic N) is 2. The smallest absolute Gasteiger partial charge is 0.303 e. The molecule has 1 aliphatic rings. The van der Waals surface area contributed by atoms with Crippen LogP contribution in [0.25, 0.3) is 0 Å². The predicted octanol–water partition coefficient (Wildman–Crippen LogP) is 8.71. The fourth-order valence-electron chi connectivity index (χ4n) is 6.14. The first kappa shape index (κ1) is 32.8. The third-order valence-corrected chi connectivity index (χ3v) is 10.9. The molecule has 0 aliphatic carbocycles. The standard InChI is InChI=1S/C37H50N2O3S/c1-28(2)39(29(3)4)24-22-33(31-16-10-6-11-17-31)34-26-32(20-21-35(34)42-27-30-14-8-5-9-15-30)43-25-23-38-36(43)18-12-7-13-19-37(40)41/h5-6,8-11,14-17,20-21,26,28-29,33,43H,7,12-13,18-19,22-25,27H2,1-4H3,(H,40,41). The molecule has 1 N–H and O–H groups in total. The Bertz CT molecular complexity index is 1300. The first-order valence-corrected chi connectivity index (χ1v) is 17.5. The van der Waals surface area contributed by atoms with Crippen LogP contribution in [0.15, 0.2) is 88.8 Å². The quantitative estimate of drug-likeness (QED) is 0.120. The van der Waals surface area contributed by atoms with Crippen molar-refractivity contribution >= 4 is 21.9 Å². The molecule has 43 heavy (non-hydrogen) atoms. The Labute approximate surface area is 261 Å². The second-order valence-electron chi connectivity index (χ2n) is 12.1. The Balaban J connectivity index is 1.64. The maximum Gasteiger partial charge on any atom is 0.303 e. The molecule has 3 aromatic carbocycles. The Morgan fingerprint density at radius 2 is 1.63 bits per heavy atom. The van der Waals surface area contributed by atoms with Crippen molar-refractivity contribution in [3.63, 3.8) is 0 Å². The van der Waals surface area contributed by atoms with Crippen molar-refractivity contribution in [3.05, 3.63) is 95.6 Å². The van der Waals surface area contributed by atoms with Crippen LogP contribution >= 0.6 is 10.9 Å². The first-order chi connectivity index (χ1) is 20.8. The molecular weight excluding hydrogens is 552 g/mol. The van der Waals surface area contributed by atoms with Gasteiger partial charge in [-0.25, -0.2) is 0 Å². The lowest BCUT2D eigenvalue weighted by atomic mass is 9.87. The van der Waals surface area contributed by atoms with Crippen LogP contribution in [0.3, 0.4) is 0 Å². The summed E-state index contributed by atoms with van der Waals surface area (Å²) in [6.45, 7) is 11.6. The summed E-state index contributed by atoms with van der Waals surface area (Å²) < 4.78 is 6.60. The van der Waals surface area contributed by atoms with Crippen LogP contribution in [-0.2, 0) is 11.4 Å². The van der Waals surface area contributed by atoms with Gasteiger partial charge in [0, 0.05) is 42.3 Å². The zero-order valence-corrected chi connectivity index (χ0v) is 27.3. The van der Waals surface area contributed by atoms with Crippen molar-refractivity contribution < 1.29 is 14.6 Å². The van der Waals surface area contributed by atoms with E-state index in [-0.39, 0.29) is 12.3 Å². The van der Waals surface area contributed by atoms with Crippen molar-refractivity contribution in [2.45, 2.75) is 95.7 Å². The van der Waals surface area contributed by atoms with Gasteiger partial charge < -0.3 is 9.84 Å². The largest absolute Gasteiger partial charge is 0.489 e. The third-order valence-electron chi connectivity index (χ3n) is 8.34. The molecule has 0 bridgehead atoms. The van der Waals surface area contributed by atoms with Gasteiger partial charge in [0.1, 0.15) is 12.4 Å². The molecule has 0 amide bonds. The molecule has 0 saturated heterocycles. The van der Waals surface area contributed by atoms with Crippen molar-refractivity contribution in [1.29, 1.82) is 0 Å². The van der Waals surface area contributed by atoms with Crippen LogP contribution < -0.4 is 4.74 Å². The summed E-state index contributed by atoms with van der Waals surface area (Å²) in [4.78, 5) is 19.8. The molecule has 0 aromatic heterocycles. The van der Waals surface area contributed by atoms with Gasteiger partial charge in [0.2, 0.25) is 0 Å². The molecule has 232 valence electrons. The average Bonchev–Trinajstić information content (AvgIpc) is 3.47. The van der Waals surface area contributed by atoms with E-state index in [1.165, 1.54) is 21.1 Å². The lowest BCUT2D eigenvalue weighted by Crippen LogP contribution is -2.38. The van der Waals surface area contributed by atoms with Crippen molar-refractivity contribution in [3.8, 4) is 5.75 Å². The Morgan fingerprint density at radius 1 is 0.930 bits per heavy atom. The first-order valence-electron chi connectivity index (χ1n) is 16.0. The van der Waals surface area contributed by atoms with Gasteiger partial charge in [0.05, 0.1) is 5.04 Å². The number of carbonyl (C=O) groups is 1. The lowest BCUT2D eigenvalue weighted by molar-refractivity contribution is -0.137. The van der Waals surface area contributed by atoms with E-state index in [2.05, 4.69) is 105 Å². The minimum absolute atomic E-state index is 0.209. The molecule has 2 atom stereocenters. The van der Waals surface area contributed by atoms with E-state index in [0.717, 1.165) is 62.3 Å². The Kier molecular flexibility index (Phi) is 12.7. The molecule has 1 aliphatic heterocycles. The average molecular weight is 603 g/mol. The van der Waals surface area contributed by atoms with Gasteiger partial charge in [-0.05, 0) is 94.1 Å². The maximum atomic E-state index is 10.9. The minimum atomic E-state index is -0.708. The predicted molar refractivity (Wildman–Crippen MR) is 182 cm³/mol. The molecule has 0 spiro atoms. The molecule has 0 saturated carbocycles. The fourth-order valence-corrected chi connectivity index (χ4v) is 8.50. The lowest BCUT2D eigenvalue weighted by Gasteiger charge is -2.33. The molecule has 0 radical (unpaired) electrons. The number of carboxylic acid groups (broad SMARTS) is 1. The van der Waals surface area contributed by atoms with E-state index in [1.54, 1.807) is 0 Å². The van der Waals surface area contributed by atoms with E-state index < -0.39 is 16.9 Å². The molecule has 4 rings (SSSR count). The highest BCUT2D eigenvalue weighted by molar-refractivity contribution is 8.30. The molecule has 5 nitrogen and oxygen atoms in total. The van der Waals surface area contributed by atoms with Gasteiger partial charge in [0.25, 0.3) is 0 Å². The number of thiol groups is 1. The number of aliphatic imine (C=N–C) groups is 1. The molecule has 1 heterocycles. The summed E-state index contributed by atoms with van der Waals surface area (Å²) in [5, 5.41) is 10.3. The number of aliphatic carboxylic acids is 1. The number of ether oxygens (including phenoxy) is 1. The zero-order chi connectivity index (χ0) is 30.6. The molecule has 6 heteroatoms. The number of unbranched alkanes of at least 4 members (excludes halogenated alkanes) is 2. The minimum Gasteiger partial charge on any atom is -0.489 e. The molecule has 2 unspecified atom stereocenters. The van der Waals surface area contributed by atoms with Crippen molar-refractivity contribution in [2.24, 2.45) is 4.99 Å². The zero-order valence-electron chi connectivity index (χ0n) is 26.4. The Morgan fingerprint density at radius 3 is 2.30 bits per heavy atom. The highest BCUT2D eigenvalue weighted by Gasteiger charge is 2.25. The second-order valence-corrected chi connectivity index (χ2v) is 14.4. The second kappa shape index (κ2) is 16.7. The number of hydrogen-bond donors (Lipinski definition) is 2. The molecular formula is C37H50N2O3S. The monoisotopic (exact) mass is 602 g/mol. The van der Waals surface area contributed by atoms with Crippen LogP contribution in [0.4, 0.5) is 0 Å². The van der Waals surface area contributed by atoms with E-state index in [0.29, 0.717) is 18.7 Å². The van der Waals surface area contributed by atoms with Gasteiger partial charge in [-0.1, -0.05) is 67.1 Å². The van der Waals surface area contributed by atoms with Crippen LogP contribution in [0.2, 0.25) is 0 Å². The SMILES string of the molecule is CC(C)N(CCC(c1ccccc1)c1cc([SH]2CCN=C2CCCCCC(=O)O)ccc1OCc1ccccc1)C(C)C. The summed E-state index contributed by atoms with van der Waals surface area (Å²) >= 11 is 0. The summed E-state index contributed by atoms with van der Waals surface area (Å²) in [5.41, 5.74) is 3.75. The van der Waals surface area contributed by atoms with Crippen molar-refractivity contribution in [1.82, 2.24) is 4.90 Å². The highest BCUT2D eigenvalue weighted by atomic mass is 32.2. The summed E-state index contributed by atoms with van der Waals surface area (Å²) in [6.07, 6.45) is 4.90. The van der Waals surface area contributed by atoms with Crippen LogP contribution in [0, 0.1) is 0 Å². The van der Waals surface area contributed by atoms with E-state index in [4.69, 9.17) is 14.8 Å². The summed E-state index contributed by atoms with van der Waals surface area (Å²) in [6, 6.07) is 29.2. The molecule has 3 aromatic rings. The van der Waals surface area contributed by atoms with Crippen molar-refractivity contribution in [2.75, 3.05) is 18.8 Å².